The van der Waals surface area contributed by atoms with E-state index in [1.165, 1.54) is 5.56 Å². The minimum Gasteiger partial charge on any atom is -0.351 e. The van der Waals surface area contributed by atoms with Crippen molar-refractivity contribution in [3.05, 3.63) is 72.0 Å². The van der Waals surface area contributed by atoms with E-state index in [4.69, 9.17) is 17.3 Å². The molecule has 1 aliphatic rings. The van der Waals surface area contributed by atoms with Crippen molar-refractivity contribution in [2.45, 2.75) is 26.2 Å². The van der Waals surface area contributed by atoms with Crippen LogP contribution in [0.1, 0.15) is 31.7 Å². The standard InChI is InChI=1S/C22H21ClN6O.CH4/c23-16-1-3-17(4-2-16)29-19-13-25-8-5-18(19)20(21(29)28-12-9-26-14-28)15-6-10-27(11-7-15)22(24)30;/h1-5,8-9,12-15H,6-7,10-11H2,(H2,24,30);1H4. The number of benzene rings is 1. The molecule has 1 saturated heterocycles. The first-order valence-corrected chi connectivity index (χ1v) is 10.3. The molecule has 8 heteroatoms. The minimum atomic E-state index is -0.351. The number of urea groups is 1. The Hall–Kier alpha value is -3.32. The van der Waals surface area contributed by atoms with Crippen molar-refractivity contribution in [2.24, 2.45) is 5.73 Å². The second kappa shape index (κ2) is 8.43. The fourth-order valence-corrected chi connectivity index (χ4v) is 4.55. The third-order valence-corrected chi connectivity index (χ3v) is 6.08. The first kappa shape index (κ1) is 20.9. The van der Waals surface area contributed by atoms with Gasteiger partial charge in [0, 0.05) is 53.3 Å². The molecule has 0 saturated carbocycles. The number of likely N-dealkylation sites (tertiary alicyclic amines) is 1. The van der Waals surface area contributed by atoms with Gasteiger partial charge in [-0.25, -0.2) is 9.78 Å². The Bertz CT molecular complexity index is 1190. The zero-order valence-electron chi connectivity index (χ0n) is 16.3. The van der Waals surface area contributed by atoms with Crippen molar-refractivity contribution in [1.29, 1.82) is 0 Å². The highest BCUT2D eigenvalue weighted by Crippen LogP contribution is 2.40. The fourth-order valence-electron chi connectivity index (χ4n) is 4.43. The Labute approximate surface area is 186 Å². The number of aromatic nitrogens is 4. The van der Waals surface area contributed by atoms with Crippen LogP contribution in [0.4, 0.5) is 4.79 Å². The van der Waals surface area contributed by atoms with Crippen LogP contribution in [0.25, 0.3) is 22.4 Å². The summed E-state index contributed by atoms with van der Waals surface area (Å²) < 4.78 is 4.25. The number of piperidine rings is 1. The summed E-state index contributed by atoms with van der Waals surface area (Å²) in [6.07, 6.45) is 11.0. The van der Waals surface area contributed by atoms with E-state index in [2.05, 4.69) is 20.6 Å². The number of amides is 2. The van der Waals surface area contributed by atoms with Crippen LogP contribution in [0, 0.1) is 0 Å². The molecule has 3 aromatic heterocycles. The topological polar surface area (TPSA) is 82.0 Å². The van der Waals surface area contributed by atoms with E-state index in [-0.39, 0.29) is 19.4 Å². The van der Waals surface area contributed by atoms with Crippen LogP contribution < -0.4 is 5.73 Å². The molecule has 4 heterocycles. The fraction of sp³-hybridized carbons (Fsp3) is 0.261. The number of nitrogens with two attached hydrogens (primary N) is 1. The van der Waals surface area contributed by atoms with Gasteiger partial charge in [-0.1, -0.05) is 19.0 Å². The molecule has 1 aromatic carbocycles. The van der Waals surface area contributed by atoms with Crippen LogP contribution in [0.5, 0.6) is 0 Å². The van der Waals surface area contributed by atoms with Gasteiger partial charge in [0.1, 0.15) is 12.1 Å². The van der Waals surface area contributed by atoms with Gasteiger partial charge in [0.25, 0.3) is 0 Å². The number of hydrogen-bond acceptors (Lipinski definition) is 3. The Morgan fingerprint density at radius 3 is 2.45 bits per heavy atom. The van der Waals surface area contributed by atoms with Gasteiger partial charge in [0.15, 0.2) is 0 Å². The number of primary amides is 1. The normalized spacial score (nSPS) is 14.5. The lowest BCUT2D eigenvalue weighted by Gasteiger charge is -2.31. The summed E-state index contributed by atoms with van der Waals surface area (Å²) in [7, 11) is 0. The molecular formula is C23H25ClN6O. The number of halogens is 1. The smallest absolute Gasteiger partial charge is 0.314 e. The van der Waals surface area contributed by atoms with Crippen LogP contribution in [-0.2, 0) is 0 Å². The van der Waals surface area contributed by atoms with E-state index < -0.39 is 0 Å². The maximum absolute atomic E-state index is 11.6. The molecule has 1 fully saturated rings. The monoisotopic (exact) mass is 436 g/mol. The summed E-state index contributed by atoms with van der Waals surface area (Å²) in [5.74, 6) is 1.33. The molecule has 31 heavy (non-hydrogen) atoms. The number of nitrogens with zero attached hydrogens (tertiary/aromatic N) is 5. The molecule has 5 rings (SSSR count). The molecule has 0 atom stereocenters. The Kier molecular flexibility index (Phi) is 5.69. The van der Waals surface area contributed by atoms with Crippen molar-refractivity contribution < 1.29 is 4.79 Å². The molecule has 0 radical (unpaired) electrons. The molecule has 4 aromatic rings. The van der Waals surface area contributed by atoms with Crippen molar-refractivity contribution in [3.63, 3.8) is 0 Å². The van der Waals surface area contributed by atoms with Gasteiger partial charge in [-0.15, -0.1) is 0 Å². The summed E-state index contributed by atoms with van der Waals surface area (Å²) in [4.78, 5) is 22.0. The molecule has 1 aliphatic heterocycles. The first-order valence-electron chi connectivity index (χ1n) is 9.90. The number of hydrogen-bond donors (Lipinski definition) is 1. The number of pyridine rings is 1. The van der Waals surface area contributed by atoms with E-state index in [1.807, 2.05) is 53.8 Å². The van der Waals surface area contributed by atoms with Gasteiger partial charge < -0.3 is 10.6 Å². The average Bonchev–Trinajstić information content (AvgIpc) is 3.40. The number of fused-ring (bicyclic) bond motifs is 1. The summed E-state index contributed by atoms with van der Waals surface area (Å²) in [5, 5.41) is 1.85. The van der Waals surface area contributed by atoms with E-state index in [0.29, 0.717) is 18.1 Å². The molecule has 2 N–H and O–H groups in total. The molecule has 160 valence electrons. The van der Waals surface area contributed by atoms with Crippen molar-refractivity contribution in [2.75, 3.05) is 13.1 Å². The summed E-state index contributed by atoms with van der Waals surface area (Å²) in [5.41, 5.74) is 8.76. The predicted molar refractivity (Wildman–Crippen MR) is 123 cm³/mol. The molecular weight excluding hydrogens is 412 g/mol. The van der Waals surface area contributed by atoms with E-state index in [9.17, 15) is 4.79 Å². The maximum Gasteiger partial charge on any atom is 0.314 e. The van der Waals surface area contributed by atoms with Gasteiger partial charge in [0.2, 0.25) is 0 Å². The second-order valence-corrected chi connectivity index (χ2v) is 7.95. The molecule has 0 spiro atoms. The zero-order valence-corrected chi connectivity index (χ0v) is 17.0. The summed E-state index contributed by atoms with van der Waals surface area (Å²) in [6, 6.07) is 9.52. The van der Waals surface area contributed by atoms with E-state index >= 15 is 0 Å². The zero-order chi connectivity index (χ0) is 20.7. The van der Waals surface area contributed by atoms with Crippen LogP contribution >= 0.6 is 11.6 Å². The van der Waals surface area contributed by atoms with Crippen LogP contribution in [0.15, 0.2) is 61.4 Å². The Morgan fingerprint density at radius 2 is 1.81 bits per heavy atom. The van der Waals surface area contributed by atoms with E-state index in [1.54, 1.807) is 11.1 Å². The number of carbonyl (C=O) groups excluding carboxylic acids is 1. The first-order chi connectivity index (χ1) is 14.6. The molecule has 7 nitrogen and oxygen atoms in total. The quantitative estimate of drug-likeness (QED) is 0.502. The van der Waals surface area contributed by atoms with Crippen LogP contribution in [0.3, 0.4) is 0 Å². The van der Waals surface area contributed by atoms with E-state index in [0.717, 1.165) is 35.2 Å². The minimum absolute atomic E-state index is 0. The highest BCUT2D eigenvalue weighted by molar-refractivity contribution is 6.30. The van der Waals surface area contributed by atoms with Crippen molar-refractivity contribution in [1.82, 2.24) is 24.0 Å². The molecule has 0 unspecified atom stereocenters. The third kappa shape index (κ3) is 3.65. The Balaban J connectivity index is 0.00000231. The Morgan fingerprint density at radius 1 is 1.06 bits per heavy atom. The molecule has 0 aliphatic carbocycles. The maximum atomic E-state index is 11.6. The highest BCUT2D eigenvalue weighted by Gasteiger charge is 2.29. The van der Waals surface area contributed by atoms with Crippen LogP contribution in [0.2, 0.25) is 5.02 Å². The van der Waals surface area contributed by atoms with Gasteiger partial charge in [-0.2, -0.15) is 0 Å². The van der Waals surface area contributed by atoms with Crippen molar-refractivity contribution in [3.8, 4) is 11.5 Å². The molecule has 0 bridgehead atoms. The summed E-state index contributed by atoms with van der Waals surface area (Å²) in [6.45, 7) is 1.31. The van der Waals surface area contributed by atoms with Gasteiger partial charge in [-0.05, 0) is 49.1 Å². The number of rotatable bonds is 3. The van der Waals surface area contributed by atoms with Gasteiger partial charge in [0.05, 0.1) is 11.7 Å². The van der Waals surface area contributed by atoms with Crippen LogP contribution in [-0.4, -0.2) is 43.1 Å². The van der Waals surface area contributed by atoms with Gasteiger partial charge >= 0.3 is 6.03 Å². The SMILES string of the molecule is C.NC(=O)N1CCC(c2c(-n3ccnc3)n(-c3ccc(Cl)cc3)c3cnccc23)CC1. The lowest BCUT2D eigenvalue weighted by molar-refractivity contribution is 0.191. The average molecular weight is 437 g/mol. The third-order valence-electron chi connectivity index (χ3n) is 5.83. The lowest BCUT2D eigenvalue weighted by atomic mass is 9.88. The number of imidazole rings is 1. The summed E-state index contributed by atoms with van der Waals surface area (Å²) >= 11 is 6.14. The largest absolute Gasteiger partial charge is 0.351 e. The van der Waals surface area contributed by atoms with Gasteiger partial charge in [-0.3, -0.25) is 14.1 Å². The predicted octanol–water partition coefficient (Wildman–Crippen LogP) is 4.76. The highest BCUT2D eigenvalue weighted by atomic mass is 35.5. The number of carbonyl (C=O) groups is 1. The lowest BCUT2D eigenvalue weighted by Crippen LogP contribution is -2.41. The van der Waals surface area contributed by atoms with Crippen molar-refractivity contribution >= 4 is 28.5 Å². The molecule has 2 amide bonds. The second-order valence-electron chi connectivity index (χ2n) is 7.51.